The van der Waals surface area contributed by atoms with Gasteiger partial charge < -0.3 is 0 Å². The molecule has 0 heterocycles. The topological polar surface area (TPSA) is 46.2 Å². The molecule has 0 aliphatic heterocycles. The number of allylic oxidation sites excluding steroid dienone is 2. The van der Waals surface area contributed by atoms with E-state index in [9.17, 15) is 21.6 Å². The molecule has 0 unspecified atom stereocenters. The van der Waals surface area contributed by atoms with Crippen molar-refractivity contribution in [1.82, 2.24) is 4.72 Å². The monoisotopic (exact) mass is 255 g/mol. The summed E-state index contributed by atoms with van der Waals surface area (Å²) in [5, 5.41) is 0. The third-order valence-electron chi connectivity index (χ3n) is 3.26. The summed E-state index contributed by atoms with van der Waals surface area (Å²) in [6, 6.07) is 0. The molecule has 16 heavy (non-hydrogen) atoms. The highest BCUT2D eigenvalue weighted by molar-refractivity contribution is 7.90. The van der Waals surface area contributed by atoms with Crippen LogP contribution in [0.2, 0.25) is 0 Å². The Balaban J connectivity index is 1.92. The van der Waals surface area contributed by atoms with Crippen molar-refractivity contribution in [2.75, 3.05) is 6.54 Å². The lowest BCUT2D eigenvalue weighted by atomic mass is 9.94. The maximum Gasteiger partial charge on any atom is 0.511 e. The largest absolute Gasteiger partial charge is 0.511 e. The van der Waals surface area contributed by atoms with Crippen molar-refractivity contribution in [3.05, 3.63) is 12.2 Å². The quantitative estimate of drug-likeness (QED) is 0.779. The van der Waals surface area contributed by atoms with Gasteiger partial charge in [0, 0.05) is 6.54 Å². The van der Waals surface area contributed by atoms with Crippen molar-refractivity contribution < 1.29 is 21.6 Å². The van der Waals surface area contributed by atoms with Crippen LogP contribution < -0.4 is 4.72 Å². The summed E-state index contributed by atoms with van der Waals surface area (Å²) >= 11 is 0. The van der Waals surface area contributed by atoms with E-state index in [4.69, 9.17) is 0 Å². The van der Waals surface area contributed by atoms with Crippen molar-refractivity contribution in [2.24, 2.45) is 17.8 Å². The van der Waals surface area contributed by atoms with Gasteiger partial charge in [0.2, 0.25) is 0 Å². The molecule has 0 amide bonds. The Morgan fingerprint density at radius 3 is 2.38 bits per heavy atom. The number of hydrogen-bond acceptors (Lipinski definition) is 2. The maximum absolute atomic E-state index is 12.0. The molecular weight excluding hydrogens is 243 g/mol. The molecule has 0 aromatic carbocycles. The average molecular weight is 255 g/mol. The van der Waals surface area contributed by atoms with Gasteiger partial charge in [0.05, 0.1) is 0 Å². The molecule has 1 N–H and O–H groups in total. The molecule has 0 aromatic rings. The lowest BCUT2D eigenvalue weighted by Crippen LogP contribution is -2.39. The van der Waals surface area contributed by atoms with Gasteiger partial charge in [0.25, 0.3) is 0 Å². The lowest BCUT2D eigenvalue weighted by molar-refractivity contribution is -0.0448. The van der Waals surface area contributed by atoms with Crippen LogP contribution in [0.15, 0.2) is 12.2 Å². The molecule has 0 radical (unpaired) electrons. The highest BCUT2D eigenvalue weighted by Gasteiger charge is 2.46. The molecule has 0 saturated heterocycles. The first kappa shape index (κ1) is 11.9. The molecule has 2 bridgehead atoms. The number of nitrogens with one attached hydrogen (secondary N) is 1. The number of halogens is 3. The standard InChI is InChI=1S/C9H12F3NO2S/c10-9(11,12)16(14,15)13-5-8-4-6-1-2-7(8)3-6/h1-2,6-8,13H,3-5H2/t6-,7+,8-/m0/s1. The second-order valence-electron chi connectivity index (χ2n) is 4.34. The van der Waals surface area contributed by atoms with Crippen LogP contribution in [0.5, 0.6) is 0 Å². The first-order valence-corrected chi connectivity index (χ1v) is 6.52. The van der Waals surface area contributed by atoms with Gasteiger partial charge in [-0.1, -0.05) is 12.2 Å². The van der Waals surface area contributed by atoms with Crippen molar-refractivity contribution in [1.29, 1.82) is 0 Å². The summed E-state index contributed by atoms with van der Waals surface area (Å²) in [7, 11) is -5.18. The van der Waals surface area contributed by atoms with E-state index in [-0.39, 0.29) is 18.4 Å². The van der Waals surface area contributed by atoms with Crippen LogP contribution >= 0.6 is 0 Å². The van der Waals surface area contributed by atoms with E-state index in [0.717, 1.165) is 12.8 Å². The molecule has 1 fully saturated rings. The van der Waals surface area contributed by atoms with Gasteiger partial charge in [-0.05, 0) is 30.6 Å². The summed E-state index contributed by atoms with van der Waals surface area (Å²) in [5.74, 6) is 0.665. The fourth-order valence-electron chi connectivity index (χ4n) is 2.43. The van der Waals surface area contributed by atoms with Crippen LogP contribution in [0.25, 0.3) is 0 Å². The molecule has 0 aromatic heterocycles. The zero-order valence-corrected chi connectivity index (χ0v) is 9.18. The zero-order valence-electron chi connectivity index (χ0n) is 8.37. The van der Waals surface area contributed by atoms with Crippen molar-refractivity contribution in [3.63, 3.8) is 0 Å². The number of hydrogen-bond donors (Lipinski definition) is 1. The third-order valence-corrected chi connectivity index (χ3v) is 4.41. The molecule has 2 rings (SSSR count). The van der Waals surface area contributed by atoms with E-state index in [1.165, 1.54) is 0 Å². The minimum absolute atomic E-state index is 0.00660. The first-order valence-electron chi connectivity index (χ1n) is 5.04. The Bertz CT molecular complexity index is 401. The van der Waals surface area contributed by atoms with Crippen LogP contribution in [0.3, 0.4) is 0 Å². The summed E-state index contributed by atoms with van der Waals surface area (Å²) < 4.78 is 59.3. The molecule has 3 atom stereocenters. The minimum atomic E-state index is -5.21. The van der Waals surface area contributed by atoms with Crippen LogP contribution in [-0.4, -0.2) is 20.5 Å². The van der Waals surface area contributed by atoms with Gasteiger partial charge in [-0.25, -0.2) is 13.1 Å². The second-order valence-corrected chi connectivity index (χ2v) is 6.10. The zero-order chi connectivity index (χ0) is 12.0. The Morgan fingerprint density at radius 1 is 1.25 bits per heavy atom. The molecule has 3 nitrogen and oxygen atoms in total. The first-order chi connectivity index (χ1) is 7.29. The summed E-state index contributed by atoms with van der Waals surface area (Å²) in [4.78, 5) is 0. The van der Waals surface area contributed by atoms with E-state index < -0.39 is 15.5 Å². The summed E-state index contributed by atoms with van der Waals surface area (Å²) in [5.41, 5.74) is -5.21. The number of fused-ring (bicyclic) bond motifs is 2. The van der Waals surface area contributed by atoms with Crippen LogP contribution in [0, 0.1) is 17.8 Å². The van der Waals surface area contributed by atoms with Gasteiger partial charge >= 0.3 is 15.5 Å². The molecule has 2 aliphatic rings. The lowest BCUT2D eigenvalue weighted by Gasteiger charge is -2.18. The molecule has 92 valence electrons. The van der Waals surface area contributed by atoms with Crippen LogP contribution in [0.4, 0.5) is 13.2 Å². The third kappa shape index (κ3) is 2.10. The molecule has 1 saturated carbocycles. The van der Waals surface area contributed by atoms with Gasteiger partial charge in [-0.2, -0.15) is 13.2 Å². The van der Waals surface area contributed by atoms with Gasteiger partial charge in [-0.15, -0.1) is 0 Å². The van der Waals surface area contributed by atoms with Crippen molar-refractivity contribution >= 4 is 10.0 Å². The predicted octanol–water partition coefficient (Wildman–Crippen LogP) is 1.64. The Kier molecular flexibility index (Phi) is 2.78. The van der Waals surface area contributed by atoms with E-state index in [1.54, 1.807) is 4.72 Å². The number of rotatable bonds is 3. The summed E-state index contributed by atoms with van der Waals surface area (Å²) in [6.07, 6.45) is 5.75. The molecule has 2 aliphatic carbocycles. The normalized spacial score (nSPS) is 33.6. The fraction of sp³-hybridized carbons (Fsp3) is 0.778. The van der Waals surface area contributed by atoms with E-state index in [2.05, 4.69) is 6.08 Å². The molecule has 0 spiro atoms. The Labute approximate surface area is 91.8 Å². The summed E-state index contributed by atoms with van der Waals surface area (Å²) in [6.45, 7) is -0.118. The smallest absolute Gasteiger partial charge is 0.207 e. The Hall–Kier alpha value is -0.560. The minimum Gasteiger partial charge on any atom is -0.207 e. The van der Waals surface area contributed by atoms with Gasteiger partial charge in [0.15, 0.2) is 0 Å². The van der Waals surface area contributed by atoms with Crippen molar-refractivity contribution in [3.8, 4) is 0 Å². The van der Waals surface area contributed by atoms with Crippen LogP contribution in [0.1, 0.15) is 12.8 Å². The number of sulfonamides is 1. The van der Waals surface area contributed by atoms with Gasteiger partial charge in [-0.3, -0.25) is 0 Å². The second kappa shape index (κ2) is 3.73. The number of alkyl halides is 3. The van der Waals surface area contributed by atoms with Crippen LogP contribution in [-0.2, 0) is 10.0 Å². The maximum atomic E-state index is 12.0. The highest BCUT2D eigenvalue weighted by Crippen LogP contribution is 2.43. The van der Waals surface area contributed by atoms with Crippen molar-refractivity contribution in [2.45, 2.75) is 18.3 Å². The van der Waals surface area contributed by atoms with Gasteiger partial charge in [0.1, 0.15) is 0 Å². The Morgan fingerprint density at radius 2 is 1.94 bits per heavy atom. The SMILES string of the molecule is O=S(=O)(NC[C@@H]1C[C@H]2C=C[C@@H]1C2)C(F)(F)F. The van der Waals surface area contributed by atoms with E-state index in [0.29, 0.717) is 5.92 Å². The highest BCUT2D eigenvalue weighted by atomic mass is 32.2. The van der Waals surface area contributed by atoms with E-state index in [1.807, 2.05) is 6.08 Å². The molecule has 7 heteroatoms. The molecular formula is C9H12F3NO2S. The predicted molar refractivity (Wildman–Crippen MR) is 51.8 cm³/mol. The average Bonchev–Trinajstić information content (AvgIpc) is 2.73. The fourth-order valence-corrected chi connectivity index (χ4v) is 3.03. The van der Waals surface area contributed by atoms with E-state index >= 15 is 0 Å².